The molecule has 2 atom stereocenters. The lowest BCUT2D eigenvalue weighted by atomic mass is 9.85. The first kappa shape index (κ1) is 39.4. The lowest BCUT2D eigenvalue weighted by Gasteiger charge is -2.22. The van der Waals surface area contributed by atoms with Gasteiger partial charge in [0, 0.05) is 39.2 Å². The summed E-state index contributed by atoms with van der Waals surface area (Å²) in [6.45, 7) is 0. The third kappa shape index (κ3) is 6.92. The van der Waals surface area contributed by atoms with E-state index < -0.39 is 0 Å². The van der Waals surface area contributed by atoms with E-state index in [2.05, 4.69) is 235 Å². The van der Waals surface area contributed by atoms with Crippen molar-refractivity contribution in [2.75, 3.05) is 0 Å². The SMILES string of the molecule is C1=CC2c3cccc(-c4nc(-c5ccc(-c6ccccc6)cc5)nc(-c5ccc(-c6ccccc6)cc5)n4)c3OC2c2c1n(-c1cccc(-c3ccc(-c4ccccc4)cc3)c1)c1ccccc21. The van der Waals surface area contributed by atoms with E-state index in [1.54, 1.807) is 0 Å². The highest BCUT2D eigenvalue weighted by Crippen LogP contribution is 2.55. The minimum absolute atomic E-state index is 0.00279. The maximum absolute atomic E-state index is 7.28. The highest BCUT2D eigenvalue weighted by Gasteiger charge is 2.41. The molecule has 5 heteroatoms. The molecule has 0 bridgehead atoms. The molecule has 13 rings (SSSR count). The average molecular weight is 871 g/mol. The molecule has 0 spiro atoms. The number of aromatic nitrogens is 4. The number of ether oxygens (including phenoxy) is 1. The maximum Gasteiger partial charge on any atom is 0.167 e. The molecule has 3 heterocycles. The summed E-state index contributed by atoms with van der Waals surface area (Å²) < 4.78 is 9.67. The molecule has 9 aromatic carbocycles. The van der Waals surface area contributed by atoms with Crippen LogP contribution in [0.2, 0.25) is 0 Å². The van der Waals surface area contributed by atoms with Crippen LogP contribution in [0, 0.1) is 0 Å². The normalized spacial score (nSPS) is 14.5. The monoisotopic (exact) mass is 870 g/mol. The second kappa shape index (κ2) is 16.5. The summed E-state index contributed by atoms with van der Waals surface area (Å²) in [5.74, 6) is 2.58. The summed E-state index contributed by atoms with van der Waals surface area (Å²) in [5.41, 5.74) is 17.7. The first-order valence-corrected chi connectivity index (χ1v) is 23.2. The minimum atomic E-state index is -0.247. The van der Waals surface area contributed by atoms with Crippen molar-refractivity contribution in [1.29, 1.82) is 0 Å². The van der Waals surface area contributed by atoms with Gasteiger partial charge in [0.25, 0.3) is 0 Å². The Morgan fingerprint density at radius 3 is 1.41 bits per heavy atom. The zero-order valence-corrected chi connectivity index (χ0v) is 36.9. The van der Waals surface area contributed by atoms with Crippen molar-refractivity contribution in [3.63, 3.8) is 0 Å². The van der Waals surface area contributed by atoms with Gasteiger partial charge in [-0.1, -0.05) is 212 Å². The molecule has 0 N–H and O–H groups in total. The standard InChI is InChI=1S/C63H42N4O/c1-4-14-41(15-5-1)44-26-28-47(29-27-44)50-20-12-21-51(40-50)67-56-25-11-10-22-54(56)58-57(67)39-38-53-52-23-13-24-55(59(52)68-60(53)58)63-65-61(48-34-30-45(31-35-48)42-16-6-2-7-17-42)64-62(66-63)49-36-32-46(33-37-49)43-18-8-3-9-19-43/h1-40,53,60H. The molecular weight excluding hydrogens is 829 g/mol. The molecule has 2 aromatic heterocycles. The van der Waals surface area contributed by atoms with Crippen LogP contribution in [-0.4, -0.2) is 19.5 Å². The van der Waals surface area contributed by atoms with Gasteiger partial charge in [-0.05, 0) is 74.8 Å². The Morgan fingerprint density at radius 1 is 0.382 bits per heavy atom. The van der Waals surface area contributed by atoms with Crippen molar-refractivity contribution < 1.29 is 4.74 Å². The van der Waals surface area contributed by atoms with E-state index in [-0.39, 0.29) is 12.0 Å². The fraction of sp³-hybridized carbons (Fsp3) is 0.0317. The molecular formula is C63H42N4O. The van der Waals surface area contributed by atoms with Crippen molar-refractivity contribution in [3.05, 3.63) is 253 Å². The van der Waals surface area contributed by atoms with Crippen molar-refractivity contribution in [1.82, 2.24) is 19.5 Å². The number of hydrogen-bond acceptors (Lipinski definition) is 4. The van der Waals surface area contributed by atoms with E-state index in [1.165, 1.54) is 27.6 Å². The van der Waals surface area contributed by atoms with Gasteiger partial charge in [-0.15, -0.1) is 0 Å². The van der Waals surface area contributed by atoms with Gasteiger partial charge in [0.05, 0.1) is 16.8 Å². The Labute approximate surface area is 395 Å². The second-order valence-electron chi connectivity index (χ2n) is 17.5. The molecule has 2 aliphatic rings. The minimum Gasteiger partial charge on any atom is -0.484 e. The van der Waals surface area contributed by atoms with Gasteiger partial charge < -0.3 is 9.30 Å². The molecule has 0 radical (unpaired) electrons. The third-order valence-electron chi connectivity index (χ3n) is 13.5. The van der Waals surface area contributed by atoms with E-state index in [1.807, 2.05) is 12.1 Å². The van der Waals surface area contributed by atoms with Gasteiger partial charge in [0.2, 0.25) is 0 Å². The largest absolute Gasteiger partial charge is 0.484 e. The molecule has 68 heavy (non-hydrogen) atoms. The van der Waals surface area contributed by atoms with E-state index in [0.29, 0.717) is 17.5 Å². The van der Waals surface area contributed by atoms with Gasteiger partial charge in [0.1, 0.15) is 11.9 Å². The van der Waals surface area contributed by atoms with Gasteiger partial charge in [-0.2, -0.15) is 0 Å². The zero-order valence-electron chi connectivity index (χ0n) is 36.9. The van der Waals surface area contributed by atoms with Crippen LogP contribution in [0.15, 0.2) is 237 Å². The van der Waals surface area contributed by atoms with Gasteiger partial charge in [-0.25, -0.2) is 15.0 Å². The third-order valence-corrected chi connectivity index (χ3v) is 13.5. The van der Waals surface area contributed by atoms with Crippen molar-refractivity contribution >= 4 is 17.0 Å². The smallest absolute Gasteiger partial charge is 0.167 e. The predicted molar refractivity (Wildman–Crippen MR) is 276 cm³/mol. The topological polar surface area (TPSA) is 52.8 Å². The van der Waals surface area contributed by atoms with Gasteiger partial charge in [-0.3, -0.25) is 0 Å². The maximum atomic E-state index is 7.28. The lowest BCUT2D eigenvalue weighted by Crippen LogP contribution is -2.13. The van der Waals surface area contributed by atoms with Crippen LogP contribution in [0.25, 0.3) is 101 Å². The van der Waals surface area contributed by atoms with Crippen LogP contribution >= 0.6 is 0 Å². The van der Waals surface area contributed by atoms with Crippen molar-refractivity contribution in [2.45, 2.75) is 12.0 Å². The Morgan fingerprint density at radius 2 is 0.838 bits per heavy atom. The number of benzene rings is 9. The Balaban J connectivity index is 0.886. The van der Waals surface area contributed by atoms with Crippen molar-refractivity contribution in [3.8, 4) is 90.1 Å². The number of fused-ring (bicyclic) bond motifs is 7. The van der Waals surface area contributed by atoms with E-state index in [0.717, 1.165) is 72.7 Å². The van der Waals surface area contributed by atoms with Crippen LogP contribution < -0.4 is 4.74 Å². The molecule has 320 valence electrons. The average Bonchev–Trinajstić information content (AvgIpc) is 3.98. The van der Waals surface area contributed by atoms with E-state index in [4.69, 9.17) is 19.7 Å². The van der Waals surface area contributed by atoms with E-state index in [9.17, 15) is 0 Å². The van der Waals surface area contributed by atoms with Gasteiger partial charge >= 0.3 is 0 Å². The number of hydrogen-bond donors (Lipinski definition) is 0. The van der Waals surface area contributed by atoms with Crippen LogP contribution in [0.5, 0.6) is 5.75 Å². The van der Waals surface area contributed by atoms with Crippen LogP contribution in [-0.2, 0) is 0 Å². The highest BCUT2D eigenvalue weighted by atomic mass is 16.5. The summed E-state index contributed by atoms with van der Waals surface area (Å²) in [6.07, 6.45) is 4.36. The quantitative estimate of drug-likeness (QED) is 0.153. The second-order valence-corrected chi connectivity index (χ2v) is 17.5. The van der Waals surface area contributed by atoms with Crippen LogP contribution in [0.4, 0.5) is 0 Å². The van der Waals surface area contributed by atoms with Crippen molar-refractivity contribution in [2.24, 2.45) is 0 Å². The lowest BCUT2D eigenvalue weighted by molar-refractivity contribution is 0.225. The Kier molecular flexibility index (Phi) is 9.57. The molecule has 0 fully saturated rings. The Hall–Kier alpha value is -8.93. The molecule has 2 unspecified atom stereocenters. The highest BCUT2D eigenvalue weighted by molar-refractivity contribution is 5.92. The molecule has 1 aliphatic carbocycles. The van der Waals surface area contributed by atoms with Crippen LogP contribution in [0.1, 0.15) is 28.8 Å². The molecule has 11 aromatic rings. The molecule has 0 amide bonds. The molecule has 0 saturated heterocycles. The first-order chi connectivity index (χ1) is 33.7. The van der Waals surface area contributed by atoms with Crippen LogP contribution in [0.3, 0.4) is 0 Å². The summed E-state index contributed by atoms with van der Waals surface area (Å²) in [4.78, 5) is 15.6. The summed E-state index contributed by atoms with van der Waals surface area (Å²) in [5, 5.41) is 1.18. The molecule has 0 saturated carbocycles. The van der Waals surface area contributed by atoms with E-state index >= 15 is 0 Å². The fourth-order valence-corrected chi connectivity index (χ4v) is 10.1. The summed E-state index contributed by atoms with van der Waals surface area (Å²) in [6, 6.07) is 81.1. The number of rotatable bonds is 8. The fourth-order valence-electron chi connectivity index (χ4n) is 10.1. The molecule has 1 aliphatic heterocycles. The summed E-state index contributed by atoms with van der Waals surface area (Å²) >= 11 is 0. The Bertz CT molecular complexity index is 3570. The predicted octanol–water partition coefficient (Wildman–Crippen LogP) is 15.7. The number of para-hydroxylation sites is 2. The number of nitrogens with zero attached hydrogens (tertiary/aromatic N) is 4. The molecule has 5 nitrogen and oxygen atoms in total. The van der Waals surface area contributed by atoms with Gasteiger partial charge in [0.15, 0.2) is 17.5 Å². The zero-order chi connectivity index (χ0) is 45.0. The first-order valence-electron chi connectivity index (χ1n) is 23.2. The summed E-state index contributed by atoms with van der Waals surface area (Å²) in [7, 11) is 0.